The Morgan fingerprint density at radius 2 is 1.85 bits per heavy atom. The average Bonchev–Trinajstić information content (AvgIpc) is 3.14. The highest BCUT2D eigenvalue weighted by Gasteiger charge is 2.15. The number of para-hydroxylation sites is 4. The number of ether oxygens (including phenoxy) is 2. The first-order valence-corrected chi connectivity index (χ1v) is 9.19. The van der Waals surface area contributed by atoms with E-state index in [9.17, 15) is 10.1 Å². The molecule has 0 aliphatic rings. The van der Waals surface area contributed by atoms with Crippen molar-refractivity contribution in [2.45, 2.75) is 12.1 Å². The first-order chi connectivity index (χ1) is 13.2. The molecule has 27 heavy (non-hydrogen) atoms. The van der Waals surface area contributed by atoms with Crippen LogP contribution < -0.4 is 9.47 Å². The molecular formula is C17H17N5O4S. The van der Waals surface area contributed by atoms with E-state index < -0.39 is 4.92 Å². The van der Waals surface area contributed by atoms with Crippen LogP contribution in [0.15, 0.2) is 53.7 Å². The summed E-state index contributed by atoms with van der Waals surface area (Å²) in [5, 5.41) is 23.4. The van der Waals surface area contributed by atoms with Crippen LogP contribution >= 0.6 is 11.8 Å². The molecule has 0 spiro atoms. The number of benzene rings is 2. The van der Waals surface area contributed by atoms with Crippen LogP contribution in [0.1, 0.15) is 6.92 Å². The number of aromatic nitrogens is 4. The summed E-state index contributed by atoms with van der Waals surface area (Å²) in [4.78, 5) is 10.5. The lowest BCUT2D eigenvalue weighted by Gasteiger charge is -2.10. The Bertz CT molecular complexity index is 918. The van der Waals surface area contributed by atoms with Gasteiger partial charge in [-0.15, -0.1) is 5.10 Å². The highest BCUT2D eigenvalue weighted by Crippen LogP contribution is 2.28. The van der Waals surface area contributed by atoms with Crippen LogP contribution in [-0.4, -0.2) is 44.1 Å². The maximum Gasteiger partial charge on any atom is 0.310 e. The van der Waals surface area contributed by atoms with Gasteiger partial charge < -0.3 is 9.47 Å². The predicted octanol–water partition coefficient (Wildman–Crippen LogP) is 3.14. The quantitative estimate of drug-likeness (QED) is 0.239. The van der Waals surface area contributed by atoms with Gasteiger partial charge in [-0.05, 0) is 35.5 Å². The summed E-state index contributed by atoms with van der Waals surface area (Å²) >= 11 is 1.39. The van der Waals surface area contributed by atoms with Gasteiger partial charge in [-0.2, -0.15) is 4.68 Å². The Labute approximate surface area is 159 Å². The standard InChI is InChI=1S/C17H17N5O4S/c1-2-25-15-9-5-3-7-13(15)21-17(18-19-20-21)27-12-11-26-16-10-6-4-8-14(16)22(23)24/h3-10H,2,11-12H2,1H3. The van der Waals surface area contributed by atoms with Gasteiger partial charge in [0.25, 0.3) is 0 Å². The molecule has 3 rings (SSSR count). The van der Waals surface area contributed by atoms with E-state index in [1.807, 2.05) is 31.2 Å². The lowest BCUT2D eigenvalue weighted by atomic mass is 10.3. The number of thioether (sulfide) groups is 1. The largest absolute Gasteiger partial charge is 0.492 e. The third-order valence-corrected chi connectivity index (χ3v) is 4.35. The van der Waals surface area contributed by atoms with Gasteiger partial charge in [0, 0.05) is 11.8 Å². The first-order valence-electron chi connectivity index (χ1n) is 8.20. The fourth-order valence-corrected chi connectivity index (χ4v) is 3.05. The lowest BCUT2D eigenvalue weighted by molar-refractivity contribution is -0.385. The van der Waals surface area contributed by atoms with Crippen LogP contribution in [0.2, 0.25) is 0 Å². The molecule has 0 aliphatic heterocycles. The lowest BCUT2D eigenvalue weighted by Crippen LogP contribution is -2.06. The van der Waals surface area contributed by atoms with Crippen LogP contribution in [0.4, 0.5) is 5.69 Å². The molecule has 0 bridgehead atoms. The van der Waals surface area contributed by atoms with Gasteiger partial charge in [0.05, 0.1) is 18.1 Å². The van der Waals surface area contributed by atoms with Crippen molar-refractivity contribution in [3.05, 3.63) is 58.6 Å². The van der Waals surface area contributed by atoms with Crippen molar-refractivity contribution in [2.75, 3.05) is 19.0 Å². The molecule has 0 saturated carbocycles. The zero-order valence-electron chi connectivity index (χ0n) is 14.5. The Morgan fingerprint density at radius 1 is 1.11 bits per heavy atom. The summed E-state index contributed by atoms with van der Waals surface area (Å²) in [7, 11) is 0. The zero-order valence-corrected chi connectivity index (χ0v) is 15.3. The van der Waals surface area contributed by atoms with Crippen molar-refractivity contribution in [3.8, 4) is 17.2 Å². The second kappa shape index (κ2) is 8.99. The molecule has 0 fully saturated rings. The molecule has 0 N–H and O–H groups in total. The molecular weight excluding hydrogens is 370 g/mol. The predicted molar refractivity (Wildman–Crippen MR) is 99.6 cm³/mol. The Balaban J connectivity index is 1.64. The molecule has 1 aromatic heterocycles. The van der Waals surface area contributed by atoms with Gasteiger partial charge in [-0.3, -0.25) is 10.1 Å². The van der Waals surface area contributed by atoms with Crippen LogP contribution in [0.25, 0.3) is 5.69 Å². The smallest absolute Gasteiger partial charge is 0.310 e. The summed E-state index contributed by atoms with van der Waals surface area (Å²) < 4.78 is 12.8. The molecule has 1 heterocycles. The van der Waals surface area contributed by atoms with Crippen molar-refractivity contribution >= 4 is 17.4 Å². The minimum Gasteiger partial charge on any atom is -0.492 e. The Hall–Kier alpha value is -3.14. The zero-order chi connectivity index (χ0) is 19.1. The third-order valence-electron chi connectivity index (χ3n) is 3.47. The summed E-state index contributed by atoms with van der Waals surface area (Å²) in [6.07, 6.45) is 0. The summed E-state index contributed by atoms with van der Waals surface area (Å²) in [5.41, 5.74) is 0.685. The van der Waals surface area contributed by atoms with E-state index in [0.29, 0.717) is 23.3 Å². The van der Waals surface area contributed by atoms with Gasteiger partial charge in [0.1, 0.15) is 11.4 Å². The maximum atomic E-state index is 11.0. The van der Waals surface area contributed by atoms with E-state index in [2.05, 4.69) is 15.5 Å². The molecule has 0 radical (unpaired) electrons. The normalized spacial score (nSPS) is 10.6. The van der Waals surface area contributed by atoms with Crippen molar-refractivity contribution in [2.24, 2.45) is 0 Å². The maximum absolute atomic E-state index is 11.0. The fraction of sp³-hybridized carbons (Fsp3) is 0.235. The Morgan fingerprint density at radius 3 is 2.63 bits per heavy atom. The van der Waals surface area contributed by atoms with Gasteiger partial charge in [-0.1, -0.05) is 36.0 Å². The average molecular weight is 387 g/mol. The molecule has 0 unspecified atom stereocenters. The third kappa shape index (κ3) is 4.53. The second-order valence-electron chi connectivity index (χ2n) is 5.20. The summed E-state index contributed by atoms with van der Waals surface area (Å²) in [6.45, 7) is 2.72. The molecule has 10 heteroatoms. The molecule has 9 nitrogen and oxygen atoms in total. The van der Waals surface area contributed by atoms with E-state index in [-0.39, 0.29) is 18.0 Å². The van der Waals surface area contributed by atoms with Gasteiger partial charge in [0.15, 0.2) is 5.75 Å². The molecule has 140 valence electrons. The van der Waals surface area contributed by atoms with Crippen molar-refractivity contribution < 1.29 is 14.4 Å². The molecule has 0 atom stereocenters. The number of nitro benzene ring substituents is 1. The number of nitrogens with zero attached hydrogens (tertiary/aromatic N) is 5. The molecule has 2 aromatic carbocycles. The molecule has 0 amide bonds. The van der Waals surface area contributed by atoms with E-state index in [1.54, 1.807) is 22.9 Å². The number of tetrazole rings is 1. The van der Waals surface area contributed by atoms with Crippen LogP contribution in [-0.2, 0) is 0 Å². The molecule has 0 saturated heterocycles. The SMILES string of the molecule is CCOc1ccccc1-n1nnnc1SCCOc1ccccc1[N+](=O)[O-]. The highest BCUT2D eigenvalue weighted by molar-refractivity contribution is 7.99. The molecule has 3 aromatic rings. The van der Waals surface area contributed by atoms with Crippen LogP contribution in [0.3, 0.4) is 0 Å². The minimum atomic E-state index is -0.465. The number of hydrogen-bond donors (Lipinski definition) is 0. The molecule has 0 aliphatic carbocycles. The number of rotatable bonds is 9. The highest BCUT2D eigenvalue weighted by atomic mass is 32.2. The van der Waals surface area contributed by atoms with Crippen molar-refractivity contribution in [3.63, 3.8) is 0 Å². The van der Waals surface area contributed by atoms with Gasteiger partial charge >= 0.3 is 5.69 Å². The second-order valence-corrected chi connectivity index (χ2v) is 6.26. The van der Waals surface area contributed by atoms with Crippen LogP contribution in [0.5, 0.6) is 11.5 Å². The topological polar surface area (TPSA) is 105 Å². The summed E-state index contributed by atoms with van der Waals surface area (Å²) in [5.74, 6) is 1.44. The van der Waals surface area contributed by atoms with Gasteiger partial charge in [0.2, 0.25) is 5.16 Å². The van der Waals surface area contributed by atoms with E-state index in [4.69, 9.17) is 9.47 Å². The van der Waals surface area contributed by atoms with E-state index in [0.717, 1.165) is 5.69 Å². The van der Waals surface area contributed by atoms with Crippen molar-refractivity contribution in [1.82, 2.24) is 20.2 Å². The number of nitro groups is 1. The summed E-state index contributed by atoms with van der Waals surface area (Å²) in [6, 6.07) is 13.8. The van der Waals surface area contributed by atoms with Gasteiger partial charge in [-0.25, -0.2) is 0 Å². The van der Waals surface area contributed by atoms with Crippen LogP contribution in [0, 0.1) is 10.1 Å². The monoisotopic (exact) mass is 387 g/mol. The van der Waals surface area contributed by atoms with Crippen molar-refractivity contribution in [1.29, 1.82) is 0 Å². The number of hydrogen-bond acceptors (Lipinski definition) is 8. The Kier molecular flexibility index (Phi) is 6.21. The first kappa shape index (κ1) is 18.6. The fourth-order valence-electron chi connectivity index (χ4n) is 2.34. The minimum absolute atomic E-state index is 0.0574. The van der Waals surface area contributed by atoms with E-state index in [1.165, 1.54) is 17.8 Å². The van der Waals surface area contributed by atoms with E-state index >= 15 is 0 Å².